The molecule has 0 heterocycles. The summed E-state index contributed by atoms with van der Waals surface area (Å²) in [6, 6.07) is 15.3. The maximum absolute atomic E-state index is 12.6. The quantitative estimate of drug-likeness (QED) is 0.221. The molecule has 0 aliphatic heterocycles. The Hall–Kier alpha value is -3.08. The molecule has 1 amide bonds. The molecule has 1 N–H and O–H groups in total. The number of nitrogens with one attached hydrogen (secondary N) is 1. The lowest BCUT2D eigenvalue weighted by molar-refractivity contribution is -0.117. The van der Waals surface area contributed by atoms with E-state index in [-0.39, 0.29) is 34.5 Å². The van der Waals surface area contributed by atoms with E-state index < -0.39 is 5.91 Å². The van der Waals surface area contributed by atoms with Gasteiger partial charge in [-0.25, -0.2) is 0 Å². The number of hydrogen-bond acceptors (Lipinski definition) is 5. The van der Waals surface area contributed by atoms with Crippen LogP contribution in [0.25, 0.3) is 6.08 Å². The monoisotopic (exact) mass is 564 g/mol. The Kier molecular flexibility index (Phi) is 9.74. The smallest absolute Gasteiger partial charge is 0.262 e. The van der Waals surface area contributed by atoms with Crippen LogP contribution in [0.1, 0.15) is 16.7 Å². The molecular formula is C26H20Cl4N2O4. The molecule has 0 saturated carbocycles. The summed E-state index contributed by atoms with van der Waals surface area (Å²) in [6.07, 6.45) is 1.39. The average molecular weight is 566 g/mol. The van der Waals surface area contributed by atoms with Gasteiger partial charge in [-0.05, 0) is 53.6 Å². The maximum atomic E-state index is 12.6. The van der Waals surface area contributed by atoms with Gasteiger partial charge in [-0.1, -0.05) is 52.5 Å². The van der Waals surface area contributed by atoms with E-state index in [0.29, 0.717) is 27.1 Å². The van der Waals surface area contributed by atoms with Crippen LogP contribution in [0.5, 0.6) is 17.2 Å². The van der Waals surface area contributed by atoms with Gasteiger partial charge in [-0.15, -0.1) is 0 Å². The lowest BCUT2D eigenvalue weighted by Crippen LogP contribution is -2.24. The van der Waals surface area contributed by atoms with Crippen LogP contribution in [0.15, 0.2) is 54.1 Å². The lowest BCUT2D eigenvalue weighted by atomic mass is 10.1. The van der Waals surface area contributed by atoms with Gasteiger partial charge in [0, 0.05) is 18.2 Å². The van der Waals surface area contributed by atoms with Crippen LogP contribution in [0.2, 0.25) is 20.1 Å². The van der Waals surface area contributed by atoms with Gasteiger partial charge in [-0.2, -0.15) is 5.26 Å². The fourth-order valence-electron chi connectivity index (χ4n) is 3.17. The number of rotatable bonds is 9. The van der Waals surface area contributed by atoms with Gasteiger partial charge in [0.25, 0.3) is 5.91 Å². The fraction of sp³-hybridized carbons (Fsp3) is 0.154. The number of ether oxygens (including phenoxy) is 3. The van der Waals surface area contributed by atoms with Crippen molar-refractivity contribution in [2.75, 3.05) is 14.2 Å². The van der Waals surface area contributed by atoms with Crippen LogP contribution < -0.4 is 19.5 Å². The van der Waals surface area contributed by atoms with E-state index in [1.807, 2.05) is 6.07 Å². The minimum absolute atomic E-state index is 0.126. The summed E-state index contributed by atoms with van der Waals surface area (Å²) < 4.78 is 16.3. The van der Waals surface area contributed by atoms with Gasteiger partial charge in [0.15, 0.2) is 5.75 Å². The van der Waals surface area contributed by atoms with Crippen molar-refractivity contribution < 1.29 is 19.0 Å². The highest BCUT2D eigenvalue weighted by atomic mass is 35.5. The Balaban J connectivity index is 1.72. The number of nitriles is 1. The first-order valence-electron chi connectivity index (χ1n) is 10.4. The molecule has 3 rings (SSSR count). The van der Waals surface area contributed by atoms with Gasteiger partial charge < -0.3 is 19.5 Å². The number of methoxy groups -OCH3 is 2. The molecule has 0 aliphatic carbocycles. The van der Waals surface area contributed by atoms with E-state index >= 15 is 0 Å². The molecule has 0 aliphatic rings. The Bertz CT molecular complexity index is 1330. The SMILES string of the molecule is COc1ccc(CNC(=O)/C(C#N)=C/c2cc(Cl)c(OCc3ccc(Cl)c(Cl)c3)c(Cl)c2)c(OC)c1. The zero-order chi connectivity index (χ0) is 26.2. The molecule has 0 fully saturated rings. The van der Waals surface area contributed by atoms with E-state index in [0.717, 1.165) is 11.1 Å². The van der Waals surface area contributed by atoms with Crippen LogP contribution in [-0.4, -0.2) is 20.1 Å². The number of benzene rings is 3. The Morgan fingerprint density at radius 3 is 2.28 bits per heavy atom. The lowest BCUT2D eigenvalue weighted by Gasteiger charge is -2.12. The van der Waals surface area contributed by atoms with Crippen molar-refractivity contribution in [3.8, 4) is 23.3 Å². The minimum atomic E-state index is -0.567. The second-order valence-corrected chi connectivity index (χ2v) is 9.01. The summed E-state index contributed by atoms with van der Waals surface area (Å²) in [6.45, 7) is 0.306. The molecule has 0 atom stereocenters. The zero-order valence-corrected chi connectivity index (χ0v) is 22.2. The molecule has 0 bridgehead atoms. The van der Waals surface area contributed by atoms with Crippen molar-refractivity contribution in [3.05, 3.63) is 90.9 Å². The fourth-order valence-corrected chi connectivity index (χ4v) is 4.10. The normalized spacial score (nSPS) is 11.0. The first-order chi connectivity index (χ1) is 17.2. The third-order valence-electron chi connectivity index (χ3n) is 5.00. The topological polar surface area (TPSA) is 80.6 Å². The van der Waals surface area contributed by atoms with Crippen molar-refractivity contribution in [1.82, 2.24) is 5.32 Å². The molecule has 3 aromatic carbocycles. The summed E-state index contributed by atoms with van der Waals surface area (Å²) in [5.74, 6) is 0.864. The van der Waals surface area contributed by atoms with Crippen molar-refractivity contribution in [2.24, 2.45) is 0 Å². The Morgan fingerprint density at radius 2 is 1.67 bits per heavy atom. The number of amides is 1. The number of halogens is 4. The summed E-state index contributed by atoms with van der Waals surface area (Å²) >= 11 is 24.7. The second kappa shape index (κ2) is 12.8. The van der Waals surface area contributed by atoms with E-state index in [2.05, 4.69) is 5.32 Å². The molecule has 186 valence electrons. The molecule has 0 aromatic heterocycles. The Labute approximate surface area is 228 Å². The molecule has 0 radical (unpaired) electrons. The predicted octanol–water partition coefficient (Wildman–Crippen LogP) is 7.12. The van der Waals surface area contributed by atoms with Crippen LogP contribution in [0.3, 0.4) is 0 Å². The van der Waals surface area contributed by atoms with Crippen molar-refractivity contribution in [3.63, 3.8) is 0 Å². The molecular weight excluding hydrogens is 546 g/mol. The van der Waals surface area contributed by atoms with Crippen LogP contribution in [0, 0.1) is 11.3 Å². The van der Waals surface area contributed by atoms with E-state index in [1.54, 1.807) is 55.6 Å². The predicted molar refractivity (Wildman–Crippen MR) is 142 cm³/mol. The highest BCUT2D eigenvalue weighted by Gasteiger charge is 2.14. The van der Waals surface area contributed by atoms with Crippen molar-refractivity contribution >= 4 is 58.4 Å². The first kappa shape index (κ1) is 27.5. The largest absolute Gasteiger partial charge is 0.497 e. The third kappa shape index (κ3) is 6.99. The van der Waals surface area contributed by atoms with Crippen LogP contribution in [0.4, 0.5) is 0 Å². The summed E-state index contributed by atoms with van der Waals surface area (Å²) in [4.78, 5) is 12.6. The van der Waals surface area contributed by atoms with E-state index in [1.165, 1.54) is 13.2 Å². The third-order valence-corrected chi connectivity index (χ3v) is 6.30. The van der Waals surface area contributed by atoms with Crippen LogP contribution >= 0.6 is 46.4 Å². The molecule has 6 nitrogen and oxygen atoms in total. The molecule has 0 saturated heterocycles. The summed E-state index contributed by atoms with van der Waals surface area (Å²) in [5.41, 5.74) is 1.83. The number of nitrogens with zero attached hydrogens (tertiary/aromatic N) is 1. The summed E-state index contributed by atoms with van der Waals surface area (Å²) in [5, 5.41) is 13.5. The molecule has 36 heavy (non-hydrogen) atoms. The molecule has 10 heteroatoms. The number of carbonyl (C=O) groups excluding carboxylic acids is 1. The molecule has 0 spiro atoms. The van der Waals surface area contributed by atoms with E-state index in [4.69, 9.17) is 60.6 Å². The van der Waals surface area contributed by atoms with E-state index in [9.17, 15) is 10.1 Å². The minimum Gasteiger partial charge on any atom is -0.497 e. The number of carbonyl (C=O) groups is 1. The van der Waals surface area contributed by atoms with Crippen LogP contribution in [-0.2, 0) is 17.9 Å². The number of hydrogen-bond donors (Lipinski definition) is 1. The van der Waals surface area contributed by atoms with Crippen molar-refractivity contribution in [2.45, 2.75) is 13.2 Å². The van der Waals surface area contributed by atoms with Gasteiger partial charge in [0.2, 0.25) is 0 Å². The zero-order valence-electron chi connectivity index (χ0n) is 19.2. The first-order valence-corrected chi connectivity index (χ1v) is 11.9. The molecule has 3 aromatic rings. The standard InChI is InChI=1S/C26H20Cl4N2O4/c1-34-19-5-4-17(24(11-19)35-2)13-32-26(33)18(12-31)7-16-9-22(29)25(23(30)10-16)36-14-15-3-6-20(27)21(28)8-15/h3-11H,13-14H2,1-2H3,(H,32,33)/b18-7+. The highest BCUT2D eigenvalue weighted by Crippen LogP contribution is 2.36. The Morgan fingerprint density at radius 1 is 0.944 bits per heavy atom. The van der Waals surface area contributed by atoms with Gasteiger partial charge in [0.1, 0.15) is 29.7 Å². The summed E-state index contributed by atoms with van der Waals surface area (Å²) in [7, 11) is 3.07. The average Bonchev–Trinajstić information content (AvgIpc) is 2.87. The van der Waals surface area contributed by atoms with Crippen molar-refractivity contribution in [1.29, 1.82) is 5.26 Å². The van der Waals surface area contributed by atoms with Gasteiger partial charge in [0.05, 0.1) is 34.3 Å². The van der Waals surface area contributed by atoms with Gasteiger partial charge in [-0.3, -0.25) is 4.79 Å². The maximum Gasteiger partial charge on any atom is 0.262 e. The highest BCUT2D eigenvalue weighted by molar-refractivity contribution is 6.42. The second-order valence-electron chi connectivity index (χ2n) is 7.38. The van der Waals surface area contributed by atoms with Gasteiger partial charge >= 0.3 is 0 Å². The molecule has 0 unspecified atom stereocenters.